The highest BCUT2D eigenvalue weighted by Gasteiger charge is 2.44. The van der Waals surface area contributed by atoms with Gasteiger partial charge >= 0.3 is 6.16 Å². The van der Waals surface area contributed by atoms with Gasteiger partial charge in [-0.05, 0) is 24.8 Å². The number of aryl methyl sites for hydroxylation is 1. The summed E-state index contributed by atoms with van der Waals surface area (Å²) in [6.07, 6.45) is -1.42. The second-order valence-corrected chi connectivity index (χ2v) is 9.91. The lowest BCUT2D eigenvalue weighted by atomic mass is 10.0. The van der Waals surface area contributed by atoms with Gasteiger partial charge in [0.2, 0.25) is 19.2 Å². The van der Waals surface area contributed by atoms with E-state index in [-0.39, 0.29) is 37.5 Å². The fourth-order valence-electron chi connectivity index (χ4n) is 3.82. The molecule has 3 rings (SSSR count). The summed E-state index contributed by atoms with van der Waals surface area (Å²) in [5.41, 5.74) is 0.932. The number of hydrazine groups is 1. The molecule has 0 bridgehead atoms. The normalized spacial score (nSPS) is 24.4. The Labute approximate surface area is 168 Å². The molecule has 2 N–H and O–H groups in total. The molecule has 29 heavy (non-hydrogen) atoms. The Hall–Kier alpha value is -2.38. The van der Waals surface area contributed by atoms with Crippen molar-refractivity contribution in [2.75, 3.05) is 18.9 Å². The van der Waals surface area contributed by atoms with E-state index < -0.39 is 31.6 Å². The molecule has 3 atom stereocenters. The highest BCUT2D eigenvalue weighted by molar-refractivity contribution is 7.58. The van der Waals surface area contributed by atoms with Gasteiger partial charge in [-0.3, -0.25) is 14.2 Å². The minimum Gasteiger partial charge on any atom is -0.450 e. The van der Waals surface area contributed by atoms with Gasteiger partial charge in [0, 0.05) is 37.6 Å². The molecular weight excluding hydrogens is 399 g/mol. The number of hydrogen-bond donors (Lipinski definition) is 2. The summed E-state index contributed by atoms with van der Waals surface area (Å²) in [5, 5.41) is 11.2. The third kappa shape index (κ3) is 5.36. The van der Waals surface area contributed by atoms with Crippen molar-refractivity contribution in [1.82, 2.24) is 10.0 Å². The van der Waals surface area contributed by atoms with E-state index in [1.807, 2.05) is 30.3 Å². The quantitative estimate of drug-likeness (QED) is 0.530. The predicted molar refractivity (Wildman–Crippen MR) is 103 cm³/mol. The molecule has 2 amide bonds. The predicted octanol–water partition coefficient (Wildman–Crippen LogP) is 2.30. The van der Waals surface area contributed by atoms with Gasteiger partial charge in [-0.15, -0.1) is 0 Å². The Morgan fingerprint density at radius 3 is 2.62 bits per heavy atom. The van der Waals surface area contributed by atoms with E-state index in [0.29, 0.717) is 19.4 Å². The van der Waals surface area contributed by atoms with Gasteiger partial charge in [-0.25, -0.2) is 14.8 Å². The summed E-state index contributed by atoms with van der Waals surface area (Å²) in [6.45, 7) is 0.293. The van der Waals surface area contributed by atoms with E-state index >= 15 is 0 Å². The standard InChI is InChI=1S/C19H25N2O7P/c22-16-9-8-15(13-29(26,27)12-10-14-5-2-1-3-6-14)18(23)21-17(28-19(24)25)7-4-11-20(16)21/h1-3,5-6,15,17H,4,7-13H2,(H,24,25)(H,26,27)/t15-,17+/m1/s1. The first kappa shape index (κ1) is 21.3. The maximum absolute atomic E-state index is 13.1. The zero-order valence-electron chi connectivity index (χ0n) is 16.0. The molecule has 0 radical (unpaired) electrons. The minimum absolute atomic E-state index is 0.0352. The van der Waals surface area contributed by atoms with Gasteiger partial charge in [0.05, 0.1) is 0 Å². The number of hydrogen-bond acceptors (Lipinski definition) is 5. The zero-order valence-corrected chi connectivity index (χ0v) is 16.9. The van der Waals surface area contributed by atoms with Crippen LogP contribution in [0.15, 0.2) is 30.3 Å². The average molecular weight is 424 g/mol. The van der Waals surface area contributed by atoms with Gasteiger partial charge in [-0.1, -0.05) is 30.3 Å². The first-order chi connectivity index (χ1) is 13.8. The first-order valence-electron chi connectivity index (χ1n) is 9.64. The van der Waals surface area contributed by atoms with Crippen molar-refractivity contribution in [3.63, 3.8) is 0 Å². The summed E-state index contributed by atoms with van der Waals surface area (Å²) in [4.78, 5) is 47.0. The second-order valence-electron chi connectivity index (χ2n) is 7.40. The average Bonchev–Trinajstić information content (AvgIpc) is 2.79. The van der Waals surface area contributed by atoms with E-state index in [2.05, 4.69) is 0 Å². The van der Waals surface area contributed by atoms with Crippen LogP contribution in [-0.4, -0.2) is 63.1 Å². The molecule has 2 aliphatic rings. The molecule has 0 aliphatic carbocycles. The van der Waals surface area contributed by atoms with Gasteiger partial charge < -0.3 is 14.7 Å². The number of carboxylic acid groups (broad SMARTS) is 1. The largest absolute Gasteiger partial charge is 0.507 e. The van der Waals surface area contributed by atoms with Gasteiger partial charge in [0.15, 0.2) is 6.23 Å². The first-order valence-corrected chi connectivity index (χ1v) is 11.7. The van der Waals surface area contributed by atoms with Crippen LogP contribution in [0.1, 0.15) is 31.2 Å². The Morgan fingerprint density at radius 2 is 1.93 bits per heavy atom. The molecule has 1 aromatic carbocycles. The van der Waals surface area contributed by atoms with Crippen molar-refractivity contribution >= 4 is 25.3 Å². The fraction of sp³-hybridized carbons (Fsp3) is 0.526. The lowest BCUT2D eigenvalue weighted by Gasteiger charge is -2.42. The van der Waals surface area contributed by atoms with Gasteiger partial charge in [0.25, 0.3) is 0 Å². The molecule has 0 aromatic heterocycles. The molecule has 2 aliphatic heterocycles. The topological polar surface area (TPSA) is 124 Å². The van der Waals surface area contributed by atoms with Crippen LogP contribution in [0, 0.1) is 5.92 Å². The number of fused-ring (bicyclic) bond motifs is 1. The third-order valence-electron chi connectivity index (χ3n) is 5.26. The Morgan fingerprint density at radius 1 is 1.21 bits per heavy atom. The lowest BCUT2D eigenvalue weighted by molar-refractivity contribution is -0.196. The summed E-state index contributed by atoms with van der Waals surface area (Å²) >= 11 is 0. The van der Waals surface area contributed by atoms with Crippen molar-refractivity contribution in [3.05, 3.63) is 35.9 Å². The monoisotopic (exact) mass is 424 g/mol. The van der Waals surface area contributed by atoms with Crippen LogP contribution < -0.4 is 0 Å². The maximum Gasteiger partial charge on any atom is 0.507 e. The van der Waals surface area contributed by atoms with Crippen molar-refractivity contribution in [1.29, 1.82) is 0 Å². The summed E-state index contributed by atoms with van der Waals surface area (Å²) < 4.78 is 17.6. The molecule has 158 valence electrons. The number of carbonyl (C=O) groups excluding carboxylic acids is 2. The fourth-order valence-corrected chi connectivity index (χ4v) is 5.64. The van der Waals surface area contributed by atoms with Crippen molar-refractivity contribution in [2.45, 2.75) is 38.3 Å². The Bertz CT molecular complexity index is 816. The van der Waals surface area contributed by atoms with Gasteiger partial charge in [0.1, 0.15) is 0 Å². The minimum atomic E-state index is -3.63. The van der Waals surface area contributed by atoms with E-state index in [1.54, 1.807) is 0 Å². The van der Waals surface area contributed by atoms with Crippen molar-refractivity contribution in [2.24, 2.45) is 5.92 Å². The molecule has 9 nitrogen and oxygen atoms in total. The molecular formula is C19H25N2O7P. The van der Waals surface area contributed by atoms with Crippen LogP contribution in [0.2, 0.25) is 0 Å². The molecule has 2 heterocycles. The van der Waals surface area contributed by atoms with E-state index in [1.165, 1.54) is 5.01 Å². The summed E-state index contributed by atoms with van der Waals surface area (Å²) in [5.74, 6) is -1.68. The lowest BCUT2D eigenvalue weighted by Crippen LogP contribution is -2.59. The Balaban J connectivity index is 1.73. The number of nitrogens with zero attached hydrogens (tertiary/aromatic N) is 2. The maximum atomic E-state index is 13.1. The van der Waals surface area contributed by atoms with Crippen LogP contribution in [-0.2, 0) is 25.3 Å². The molecule has 0 saturated carbocycles. The van der Waals surface area contributed by atoms with Crippen LogP contribution in [0.5, 0.6) is 0 Å². The number of ether oxygens (including phenoxy) is 1. The van der Waals surface area contributed by atoms with E-state index in [9.17, 15) is 23.8 Å². The van der Waals surface area contributed by atoms with Crippen LogP contribution in [0.25, 0.3) is 0 Å². The van der Waals surface area contributed by atoms with E-state index in [4.69, 9.17) is 9.84 Å². The number of benzene rings is 1. The third-order valence-corrected chi connectivity index (χ3v) is 7.19. The molecule has 10 heteroatoms. The van der Waals surface area contributed by atoms with E-state index in [0.717, 1.165) is 10.6 Å². The smallest absolute Gasteiger partial charge is 0.450 e. The zero-order chi connectivity index (χ0) is 21.0. The highest BCUT2D eigenvalue weighted by Crippen LogP contribution is 2.45. The highest BCUT2D eigenvalue weighted by atomic mass is 31.2. The van der Waals surface area contributed by atoms with Crippen LogP contribution in [0.3, 0.4) is 0 Å². The van der Waals surface area contributed by atoms with Gasteiger partial charge in [-0.2, -0.15) is 0 Å². The molecule has 0 spiro atoms. The second kappa shape index (κ2) is 8.97. The molecule has 2 saturated heterocycles. The molecule has 1 unspecified atom stereocenters. The Kier molecular flexibility index (Phi) is 6.59. The van der Waals surface area contributed by atoms with Crippen LogP contribution in [0.4, 0.5) is 4.79 Å². The summed E-state index contributed by atoms with van der Waals surface area (Å²) in [7, 11) is -3.63. The number of rotatable bonds is 6. The number of amides is 2. The molecule has 2 fully saturated rings. The van der Waals surface area contributed by atoms with Crippen molar-refractivity contribution < 1.29 is 33.7 Å². The number of carbonyl (C=O) groups is 3. The SMILES string of the molecule is O=C(O)O[C@H]1CCCN2C(=O)CC[C@H](CP(=O)(O)CCc3ccccc3)C(=O)N12. The van der Waals surface area contributed by atoms with Crippen LogP contribution >= 0.6 is 7.37 Å². The summed E-state index contributed by atoms with van der Waals surface area (Å²) in [6, 6.07) is 9.31. The molecule has 1 aromatic rings. The van der Waals surface area contributed by atoms with Crippen molar-refractivity contribution in [3.8, 4) is 0 Å².